The molecule has 1 N–H and O–H groups in total. The Balaban J connectivity index is 2.20. The molecule has 1 amide bonds. The zero-order chi connectivity index (χ0) is 15.4. The van der Waals surface area contributed by atoms with Crippen molar-refractivity contribution in [3.05, 3.63) is 35.6 Å². The SMILES string of the molecule is CCCC1NC(c2cccc(F)c2)N(CCN(C)C)C1=O. The number of carbonyl (C=O) groups is 1. The van der Waals surface area contributed by atoms with E-state index in [-0.39, 0.29) is 23.9 Å². The van der Waals surface area contributed by atoms with Crippen LogP contribution in [0, 0.1) is 5.82 Å². The molecular formula is C16H24FN3O. The van der Waals surface area contributed by atoms with E-state index in [0.29, 0.717) is 6.54 Å². The summed E-state index contributed by atoms with van der Waals surface area (Å²) in [6.07, 6.45) is 1.52. The topological polar surface area (TPSA) is 35.6 Å². The minimum absolute atomic E-state index is 0.118. The fourth-order valence-electron chi connectivity index (χ4n) is 2.67. The molecule has 1 fully saturated rings. The highest BCUT2D eigenvalue weighted by Crippen LogP contribution is 2.27. The molecule has 1 aliphatic rings. The Morgan fingerprint density at radius 3 is 2.76 bits per heavy atom. The van der Waals surface area contributed by atoms with Crippen LogP contribution in [0.25, 0.3) is 0 Å². The number of carbonyl (C=O) groups excluding carboxylic acids is 1. The van der Waals surface area contributed by atoms with Gasteiger partial charge in [-0.3, -0.25) is 10.1 Å². The van der Waals surface area contributed by atoms with Crippen LogP contribution < -0.4 is 5.32 Å². The number of nitrogens with one attached hydrogen (secondary N) is 1. The van der Waals surface area contributed by atoms with E-state index in [9.17, 15) is 9.18 Å². The molecule has 5 heteroatoms. The Bertz CT molecular complexity index is 492. The molecule has 2 rings (SSSR count). The van der Waals surface area contributed by atoms with E-state index < -0.39 is 0 Å². The number of nitrogens with zero attached hydrogens (tertiary/aromatic N) is 2. The van der Waals surface area contributed by atoms with E-state index in [0.717, 1.165) is 24.9 Å². The van der Waals surface area contributed by atoms with Crippen LogP contribution in [0.1, 0.15) is 31.5 Å². The van der Waals surface area contributed by atoms with Crippen LogP contribution >= 0.6 is 0 Å². The summed E-state index contributed by atoms with van der Waals surface area (Å²) in [6.45, 7) is 3.49. The molecule has 0 aromatic heterocycles. The van der Waals surface area contributed by atoms with Gasteiger partial charge in [-0.15, -0.1) is 0 Å². The molecule has 0 aliphatic carbocycles. The first kappa shape index (κ1) is 15.9. The largest absolute Gasteiger partial charge is 0.320 e. The highest BCUT2D eigenvalue weighted by atomic mass is 19.1. The molecule has 116 valence electrons. The maximum Gasteiger partial charge on any atom is 0.241 e. The minimum atomic E-state index is -0.270. The third kappa shape index (κ3) is 3.80. The van der Waals surface area contributed by atoms with Crippen molar-refractivity contribution in [2.75, 3.05) is 27.2 Å². The Morgan fingerprint density at radius 2 is 2.14 bits per heavy atom. The molecule has 2 unspecified atom stereocenters. The Morgan fingerprint density at radius 1 is 1.38 bits per heavy atom. The molecule has 1 aromatic carbocycles. The van der Waals surface area contributed by atoms with Gasteiger partial charge >= 0.3 is 0 Å². The first-order chi connectivity index (χ1) is 10.0. The number of likely N-dealkylation sites (N-methyl/N-ethyl adjacent to an activating group) is 1. The molecule has 1 heterocycles. The molecule has 0 spiro atoms. The average molecular weight is 293 g/mol. The molecule has 21 heavy (non-hydrogen) atoms. The van der Waals surface area contributed by atoms with E-state index in [1.165, 1.54) is 12.1 Å². The maximum atomic E-state index is 13.5. The molecule has 1 aliphatic heterocycles. The Kier molecular flexibility index (Phi) is 5.31. The molecule has 2 atom stereocenters. The lowest BCUT2D eigenvalue weighted by molar-refractivity contribution is -0.130. The highest BCUT2D eigenvalue weighted by molar-refractivity contribution is 5.84. The number of amides is 1. The molecule has 1 aromatic rings. The fraction of sp³-hybridized carbons (Fsp3) is 0.562. The summed E-state index contributed by atoms with van der Waals surface area (Å²) in [5, 5.41) is 3.35. The lowest BCUT2D eigenvalue weighted by Gasteiger charge is -2.26. The third-order valence-electron chi connectivity index (χ3n) is 3.78. The third-order valence-corrected chi connectivity index (χ3v) is 3.78. The lowest BCUT2D eigenvalue weighted by atomic mass is 10.1. The molecule has 0 radical (unpaired) electrons. The number of halogens is 1. The summed E-state index contributed by atoms with van der Waals surface area (Å²) in [5.74, 6) is -0.152. The second-order valence-electron chi connectivity index (χ2n) is 5.80. The van der Waals surface area contributed by atoms with Crippen LogP contribution in [0.2, 0.25) is 0 Å². The van der Waals surface area contributed by atoms with E-state index in [1.807, 2.05) is 30.0 Å². The summed E-state index contributed by atoms with van der Waals surface area (Å²) in [4.78, 5) is 16.4. The predicted octanol–water partition coefficient (Wildman–Crippen LogP) is 1.99. The number of benzene rings is 1. The fourth-order valence-corrected chi connectivity index (χ4v) is 2.67. The lowest BCUT2D eigenvalue weighted by Crippen LogP contribution is -2.36. The van der Waals surface area contributed by atoms with E-state index in [4.69, 9.17) is 0 Å². The van der Waals surface area contributed by atoms with Crippen LogP contribution in [0.3, 0.4) is 0 Å². The van der Waals surface area contributed by atoms with Gasteiger partial charge in [0, 0.05) is 13.1 Å². The van der Waals surface area contributed by atoms with Gasteiger partial charge in [0.05, 0.1) is 6.04 Å². The molecule has 0 saturated carbocycles. The van der Waals surface area contributed by atoms with Crippen LogP contribution in [-0.2, 0) is 4.79 Å². The highest BCUT2D eigenvalue weighted by Gasteiger charge is 2.38. The molecule has 4 nitrogen and oxygen atoms in total. The van der Waals surface area contributed by atoms with Gasteiger partial charge in [0.1, 0.15) is 12.0 Å². The number of hydrogen-bond acceptors (Lipinski definition) is 3. The Hall–Kier alpha value is -1.46. The van der Waals surface area contributed by atoms with Crippen molar-refractivity contribution in [1.82, 2.24) is 15.1 Å². The van der Waals surface area contributed by atoms with Gasteiger partial charge in [-0.05, 0) is 38.2 Å². The first-order valence-electron chi connectivity index (χ1n) is 7.49. The molecule has 1 saturated heterocycles. The summed E-state index contributed by atoms with van der Waals surface area (Å²) in [6, 6.07) is 6.32. The van der Waals surface area contributed by atoms with Gasteiger partial charge in [0.15, 0.2) is 0 Å². The zero-order valence-electron chi connectivity index (χ0n) is 13.0. The summed E-state index contributed by atoms with van der Waals surface area (Å²) in [7, 11) is 3.96. The normalized spacial score (nSPS) is 22.3. The summed E-state index contributed by atoms with van der Waals surface area (Å²) in [5.41, 5.74) is 0.806. The summed E-state index contributed by atoms with van der Waals surface area (Å²) < 4.78 is 13.5. The number of hydrogen-bond donors (Lipinski definition) is 1. The van der Waals surface area contributed by atoms with Crippen molar-refractivity contribution in [1.29, 1.82) is 0 Å². The van der Waals surface area contributed by atoms with E-state index in [1.54, 1.807) is 6.07 Å². The second-order valence-corrected chi connectivity index (χ2v) is 5.80. The van der Waals surface area contributed by atoms with Crippen LogP contribution in [0.5, 0.6) is 0 Å². The van der Waals surface area contributed by atoms with Gasteiger partial charge in [0.2, 0.25) is 5.91 Å². The second kappa shape index (κ2) is 7.00. The van der Waals surface area contributed by atoms with E-state index in [2.05, 4.69) is 12.2 Å². The smallest absolute Gasteiger partial charge is 0.241 e. The maximum absolute atomic E-state index is 13.5. The van der Waals surface area contributed by atoms with Gasteiger partial charge in [-0.1, -0.05) is 25.5 Å². The van der Waals surface area contributed by atoms with Gasteiger partial charge in [-0.25, -0.2) is 4.39 Å². The standard InChI is InChI=1S/C16H24FN3O/c1-4-6-14-16(21)20(10-9-19(2)3)15(18-14)12-7-5-8-13(17)11-12/h5,7-8,11,14-15,18H,4,6,9-10H2,1-3H3. The van der Waals surface area contributed by atoms with Crippen molar-refractivity contribution in [3.63, 3.8) is 0 Å². The van der Waals surface area contributed by atoms with Crippen molar-refractivity contribution in [2.24, 2.45) is 0 Å². The van der Waals surface area contributed by atoms with Crippen molar-refractivity contribution >= 4 is 5.91 Å². The quantitative estimate of drug-likeness (QED) is 0.871. The van der Waals surface area contributed by atoms with E-state index >= 15 is 0 Å². The monoisotopic (exact) mass is 293 g/mol. The first-order valence-corrected chi connectivity index (χ1v) is 7.49. The van der Waals surface area contributed by atoms with Crippen molar-refractivity contribution in [3.8, 4) is 0 Å². The average Bonchev–Trinajstić information content (AvgIpc) is 2.74. The van der Waals surface area contributed by atoms with Gasteiger partial charge < -0.3 is 9.80 Å². The minimum Gasteiger partial charge on any atom is -0.320 e. The zero-order valence-corrected chi connectivity index (χ0v) is 13.0. The predicted molar refractivity (Wildman–Crippen MR) is 81.2 cm³/mol. The molecule has 0 bridgehead atoms. The van der Waals surface area contributed by atoms with Crippen LogP contribution in [0.4, 0.5) is 4.39 Å². The van der Waals surface area contributed by atoms with Gasteiger partial charge in [0.25, 0.3) is 0 Å². The van der Waals surface area contributed by atoms with Gasteiger partial charge in [-0.2, -0.15) is 0 Å². The van der Waals surface area contributed by atoms with Crippen molar-refractivity contribution < 1.29 is 9.18 Å². The molecular weight excluding hydrogens is 269 g/mol. The van der Waals surface area contributed by atoms with Crippen molar-refractivity contribution in [2.45, 2.75) is 32.0 Å². The van der Waals surface area contributed by atoms with Crippen LogP contribution in [-0.4, -0.2) is 48.9 Å². The Labute approximate surface area is 125 Å². The van der Waals surface area contributed by atoms with Crippen LogP contribution in [0.15, 0.2) is 24.3 Å². The number of rotatable bonds is 6. The summed E-state index contributed by atoms with van der Waals surface area (Å²) >= 11 is 0.